The fourth-order valence-corrected chi connectivity index (χ4v) is 6.45. The predicted octanol–water partition coefficient (Wildman–Crippen LogP) is 6.43. The summed E-state index contributed by atoms with van der Waals surface area (Å²) in [7, 11) is -3.93. The van der Waals surface area contributed by atoms with E-state index in [9.17, 15) is 8.42 Å². The van der Waals surface area contributed by atoms with Crippen LogP contribution in [-0.2, 0) is 10.0 Å². The Labute approximate surface area is 243 Å². The molecule has 0 amide bonds. The van der Waals surface area contributed by atoms with E-state index in [0.29, 0.717) is 34.4 Å². The minimum atomic E-state index is -3.93. The summed E-state index contributed by atoms with van der Waals surface area (Å²) in [5, 5.41) is 3.73. The third-order valence-corrected chi connectivity index (χ3v) is 8.78. The SMILES string of the molecule is Cc1cc(NS(=O)(=O)c2ccccc2Cl)cc(Cl)c1Oc1ncccc1-c1ccnc(N[C@H]2CC[C@H](N)CC2)n1. The molecule has 208 valence electrons. The van der Waals surface area contributed by atoms with Crippen molar-refractivity contribution >= 4 is 44.9 Å². The molecule has 0 bridgehead atoms. The van der Waals surface area contributed by atoms with Crippen molar-refractivity contribution in [2.24, 2.45) is 5.73 Å². The quantitative estimate of drug-likeness (QED) is 0.211. The lowest BCUT2D eigenvalue weighted by atomic mass is 9.92. The lowest BCUT2D eigenvalue weighted by molar-refractivity contribution is 0.410. The highest BCUT2D eigenvalue weighted by Crippen LogP contribution is 2.38. The maximum absolute atomic E-state index is 12.9. The molecular formula is C28H28Cl2N6O3S. The van der Waals surface area contributed by atoms with Crippen LogP contribution in [0.1, 0.15) is 31.2 Å². The van der Waals surface area contributed by atoms with Gasteiger partial charge in [-0.15, -0.1) is 0 Å². The van der Waals surface area contributed by atoms with Gasteiger partial charge in [0.25, 0.3) is 10.0 Å². The summed E-state index contributed by atoms with van der Waals surface area (Å²) >= 11 is 12.7. The average molecular weight is 600 g/mol. The van der Waals surface area contributed by atoms with Gasteiger partial charge in [-0.2, -0.15) is 0 Å². The Morgan fingerprint density at radius 3 is 2.48 bits per heavy atom. The van der Waals surface area contributed by atoms with E-state index in [1.807, 2.05) is 6.07 Å². The summed E-state index contributed by atoms with van der Waals surface area (Å²) in [6, 6.07) is 15.3. The molecule has 2 aromatic carbocycles. The molecule has 4 aromatic rings. The normalized spacial score (nSPS) is 17.3. The zero-order chi connectivity index (χ0) is 28.3. The van der Waals surface area contributed by atoms with Crippen LogP contribution in [-0.4, -0.2) is 35.5 Å². The van der Waals surface area contributed by atoms with Crippen LogP contribution in [0.3, 0.4) is 0 Å². The van der Waals surface area contributed by atoms with Crippen LogP contribution in [0.25, 0.3) is 11.3 Å². The Kier molecular flexibility index (Phi) is 8.41. The molecule has 0 spiro atoms. The molecule has 40 heavy (non-hydrogen) atoms. The third kappa shape index (κ3) is 6.47. The van der Waals surface area contributed by atoms with Gasteiger partial charge < -0.3 is 15.8 Å². The van der Waals surface area contributed by atoms with Crippen molar-refractivity contribution in [1.82, 2.24) is 15.0 Å². The van der Waals surface area contributed by atoms with E-state index in [1.165, 1.54) is 18.2 Å². The molecule has 2 heterocycles. The Hall–Kier alpha value is -3.44. The summed E-state index contributed by atoms with van der Waals surface area (Å²) < 4.78 is 34.5. The van der Waals surface area contributed by atoms with Gasteiger partial charge in [0.2, 0.25) is 11.8 Å². The van der Waals surface area contributed by atoms with Gasteiger partial charge in [-0.05, 0) is 80.6 Å². The number of rotatable bonds is 8. The third-order valence-electron chi connectivity index (χ3n) is 6.61. The average Bonchev–Trinajstić information content (AvgIpc) is 2.92. The largest absolute Gasteiger partial charge is 0.436 e. The van der Waals surface area contributed by atoms with Crippen molar-refractivity contribution in [3.8, 4) is 22.9 Å². The van der Waals surface area contributed by atoms with E-state index in [-0.39, 0.29) is 32.7 Å². The van der Waals surface area contributed by atoms with Gasteiger partial charge in [-0.25, -0.2) is 23.4 Å². The van der Waals surface area contributed by atoms with Crippen molar-refractivity contribution in [3.05, 3.63) is 82.6 Å². The number of hydrogen-bond acceptors (Lipinski definition) is 8. The number of nitrogens with one attached hydrogen (secondary N) is 2. The van der Waals surface area contributed by atoms with Crippen molar-refractivity contribution in [1.29, 1.82) is 0 Å². The van der Waals surface area contributed by atoms with Crippen LogP contribution in [0.5, 0.6) is 11.6 Å². The van der Waals surface area contributed by atoms with Gasteiger partial charge in [-0.3, -0.25) is 4.72 Å². The second-order valence-electron chi connectivity index (χ2n) is 9.62. The first-order valence-corrected chi connectivity index (χ1v) is 15.0. The predicted molar refractivity (Wildman–Crippen MR) is 158 cm³/mol. The molecule has 0 aliphatic heterocycles. The number of nitrogens with two attached hydrogens (primary N) is 1. The number of anilines is 2. The van der Waals surface area contributed by atoms with Crippen LogP contribution in [0.4, 0.5) is 11.6 Å². The first kappa shape index (κ1) is 28.1. The molecule has 1 aliphatic rings. The molecule has 0 unspecified atom stereocenters. The van der Waals surface area contributed by atoms with Crippen molar-refractivity contribution in [2.45, 2.75) is 49.6 Å². The lowest BCUT2D eigenvalue weighted by Crippen LogP contribution is -2.33. The molecule has 9 nitrogen and oxygen atoms in total. The minimum Gasteiger partial charge on any atom is -0.436 e. The van der Waals surface area contributed by atoms with Crippen LogP contribution in [0.15, 0.2) is 71.9 Å². The van der Waals surface area contributed by atoms with E-state index in [0.717, 1.165) is 25.7 Å². The van der Waals surface area contributed by atoms with E-state index in [1.54, 1.807) is 49.6 Å². The van der Waals surface area contributed by atoms with Gasteiger partial charge in [0.15, 0.2) is 5.75 Å². The summed E-state index contributed by atoms with van der Waals surface area (Å²) in [4.78, 5) is 13.5. The number of sulfonamides is 1. The van der Waals surface area contributed by atoms with Crippen LogP contribution in [0, 0.1) is 6.92 Å². The van der Waals surface area contributed by atoms with E-state index < -0.39 is 10.0 Å². The van der Waals surface area contributed by atoms with Crippen molar-refractivity contribution < 1.29 is 13.2 Å². The highest BCUT2D eigenvalue weighted by Gasteiger charge is 2.21. The number of halogens is 2. The molecule has 0 radical (unpaired) electrons. The zero-order valence-corrected chi connectivity index (χ0v) is 24.0. The van der Waals surface area contributed by atoms with Gasteiger partial charge in [-0.1, -0.05) is 35.3 Å². The molecular weight excluding hydrogens is 571 g/mol. The summed E-state index contributed by atoms with van der Waals surface area (Å²) in [5.41, 5.74) is 8.18. The maximum atomic E-state index is 12.9. The highest BCUT2D eigenvalue weighted by molar-refractivity contribution is 7.92. The molecule has 1 aliphatic carbocycles. The summed E-state index contributed by atoms with van der Waals surface area (Å²) in [6.07, 6.45) is 7.18. The van der Waals surface area contributed by atoms with Gasteiger partial charge in [0, 0.05) is 24.5 Å². The molecule has 2 aromatic heterocycles. The molecule has 1 saturated carbocycles. The second-order valence-corrected chi connectivity index (χ2v) is 12.1. The topological polar surface area (TPSA) is 132 Å². The fraction of sp³-hybridized carbons (Fsp3) is 0.250. The first-order valence-electron chi connectivity index (χ1n) is 12.8. The molecule has 4 N–H and O–H groups in total. The summed E-state index contributed by atoms with van der Waals surface area (Å²) in [5.74, 6) is 1.16. The number of aryl methyl sites for hydroxylation is 1. The second kappa shape index (κ2) is 12.0. The molecule has 5 rings (SSSR count). The Morgan fingerprint density at radius 2 is 1.73 bits per heavy atom. The standard InChI is InChI=1S/C28H28Cl2N6O3S/c1-17-15-20(36-40(37,38)25-7-3-2-6-22(25)29)16-23(30)26(17)39-27-21(5-4-13-32-27)24-12-14-33-28(35-24)34-19-10-8-18(31)9-11-19/h2-7,12-16,18-19,36H,8-11,31H2,1H3,(H,33,34,35)/t18-,19-. The maximum Gasteiger partial charge on any atom is 0.263 e. The smallest absolute Gasteiger partial charge is 0.263 e. The van der Waals surface area contributed by atoms with Crippen molar-refractivity contribution in [3.63, 3.8) is 0 Å². The van der Waals surface area contributed by atoms with E-state index in [2.05, 4.69) is 20.0 Å². The Bertz CT molecular complexity index is 1610. The van der Waals surface area contributed by atoms with Crippen LogP contribution >= 0.6 is 23.2 Å². The number of ether oxygens (including phenoxy) is 1. The first-order chi connectivity index (χ1) is 19.2. The van der Waals surface area contributed by atoms with Gasteiger partial charge >= 0.3 is 0 Å². The van der Waals surface area contributed by atoms with Crippen LogP contribution in [0.2, 0.25) is 10.0 Å². The monoisotopic (exact) mass is 598 g/mol. The number of benzene rings is 2. The fourth-order valence-electron chi connectivity index (χ4n) is 4.58. The molecule has 0 saturated heterocycles. The molecule has 0 atom stereocenters. The summed E-state index contributed by atoms with van der Waals surface area (Å²) in [6.45, 7) is 1.76. The molecule has 12 heteroatoms. The van der Waals surface area contributed by atoms with Gasteiger partial charge in [0.1, 0.15) is 4.90 Å². The Morgan fingerprint density at radius 1 is 0.950 bits per heavy atom. The number of nitrogens with zero attached hydrogens (tertiary/aromatic N) is 3. The highest BCUT2D eigenvalue weighted by atomic mass is 35.5. The number of aromatic nitrogens is 3. The Balaban J connectivity index is 1.37. The number of hydrogen-bond donors (Lipinski definition) is 3. The van der Waals surface area contributed by atoms with Crippen molar-refractivity contribution in [2.75, 3.05) is 10.0 Å². The zero-order valence-electron chi connectivity index (χ0n) is 21.6. The van der Waals surface area contributed by atoms with Gasteiger partial charge in [0.05, 0.1) is 27.0 Å². The number of pyridine rings is 1. The van der Waals surface area contributed by atoms with Crippen LogP contribution < -0.4 is 20.5 Å². The molecule has 1 fully saturated rings. The lowest BCUT2D eigenvalue weighted by Gasteiger charge is -2.26. The van der Waals surface area contributed by atoms with E-state index in [4.69, 9.17) is 38.7 Å². The van der Waals surface area contributed by atoms with E-state index >= 15 is 0 Å². The minimum absolute atomic E-state index is 0.0327.